The topological polar surface area (TPSA) is 0 Å². The van der Waals surface area contributed by atoms with Gasteiger partial charge in [0.2, 0.25) is 0 Å². The standard InChI is InChI=1S/C8H11.2C3H7.Pt/c1-2-4-6-8-7-5-3-1;2*1-3-2;/h1-2,7H,3-6H2;2*1,3H2,2H3;/b2-1-,8-7?;;;. The monoisotopic (exact) mass is 388 g/mol. The maximum absolute atomic E-state index is 2.60. The molecule has 0 N–H and O–H groups in total. The first-order chi connectivity index (χ1) is 7.38. The molecule has 0 saturated carbocycles. The van der Waals surface area contributed by atoms with E-state index >= 15 is 0 Å². The normalized spacial score (nSPS) is 23.6. The molecule has 0 spiro atoms. The third-order valence-electron chi connectivity index (χ3n) is 2.37. The third kappa shape index (κ3) is 5.16. The summed E-state index contributed by atoms with van der Waals surface area (Å²) in [5.74, 6) is 0. The molecular formula is C14H25Pt. The molecule has 1 aliphatic carbocycles. The molecule has 1 rings (SSSR count). The fraction of sp³-hybridized carbons (Fsp3) is 0.714. The SMILES string of the molecule is CC[CH2][Pt]([CH2]CC)/[C]1=C/CC/C=C\CC1. The molecule has 0 amide bonds. The van der Waals surface area contributed by atoms with Gasteiger partial charge in [0.25, 0.3) is 0 Å². The van der Waals surface area contributed by atoms with E-state index in [1.165, 1.54) is 38.5 Å². The van der Waals surface area contributed by atoms with Crippen LogP contribution in [0.4, 0.5) is 0 Å². The number of hydrogen-bond donors (Lipinski definition) is 0. The van der Waals surface area contributed by atoms with Crippen LogP contribution in [0.2, 0.25) is 9.62 Å². The second kappa shape index (κ2) is 8.34. The van der Waals surface area contributed by atoms with Crippen LogP contribution in [0.5, 0.6) is 0 Å². The average Bonchev–Trinajstić information content (AvgIpc) is 2.17. The van der Waals surface area contributed by atoms with Gasteiger partial charge in [-0.15, -0.1) is 0 Å². The van der Waals surface area contributed by atoms with Gasteiger partial charge in [-0.25, -0.2) is 0 Å². The molecule has 0 unspecified atom stereocenters. The van der Waals surface area contributed by atoms with Gasteiger partial charge in [0, 0.05) is 0 Å². The van der Waals surface area contributed by atoms with Gasteiger partial charge in [0.15, 0.2) is 0 Å². The fourth-order valence-electron chi connectivity index (χ4n) is 1.74. The van der Waals surface area contributed by atoms with Crippen molar-refractivity contribution < 1.29 is 17.3 Å². The first kappa shape index (κ1) is 13.2. The van der Waals surface area contributed by atoms with Crippen molar-refractivity contribution in [2.75, 3.05) is 0 Å². The van der Waals surface area contributed by atoms with Crippen molar-refractivity contribution in [3.63, 3.8) is 0 Å². The van der Waals surface area contributed by atoms with Crippen molar-refractivity contribution >= 4 is 0 Å². The molecule has 0 bridgehead atoms. The van der Waals surface area contributed by atoms with Crippen LogP contribution in [-0.4, -0.2) is 0 Å². The summed E-state index contributed by atoms with van der Waals surface area (Å²) in [5.41, 5.74) is 0. The summed E-state index contributed by atoms with van der Waals surface area (Å²) in [6.45, 7) is 4.70. The molecule has 0 aromatic heterocycles. The quantitative estimate of drug-likeness (QED) is 0.563. The molecule has 0 nitrogen and oxygen atoms in total. The Balaban J connectivity index is 2.54. The Morgan fingerprint density at radius 3 is 2.33 bits per heavy atom. The maximum atomic E-state index is 2.60. The second-order valence-corrected chi connectivity index (χ2v) is 10.4. The zero-order valence-corrected chi connectivity index (χ0v) is 12.5. The predicted octanol–water partition coefficient (Wildman–Crippen LogP) is 5.28. The second-order valence-electron chi connectivity index (χ2n) is 3.90. The summed E-state index contributed by atoms with van der Waals surface area (Å²) in [6.07, 6.45) is 15.4. The number of hydrogen-bond acceptors (Lipinski definition) is 0. The Hall–Kier alpha value is 0.168. The van der Waals surface area contributed by atoms with Gasteiger partial charge < -0.3 is 0 Å². The van der Waals surface area contributed by atoms with Crippen molar-refractivity contribution in [2.45, 2.75) is 62.0 Å². The summed E-state index contributed by atoms with van der Waals surface area (Å²) in [7, 11) is 0. The van der Waals surface area contributed by atoms with E-state index < -0.39 is 17.3 Å². The van der Waals surface area contributed by atoms with Crippen LogP contribution in [0.15, 0.2) is 22.2 Å². The van der Waals surface area contributed by atoms with Gasteiger partial charge in [-0.05, 0) is 0 Å². The molecule has 0 heterocycles. The van der Waals surface area contributed by atoms with Crippen LogP contribution < -0.4 is 0 Å². The third-order valence-corrected chi connectivity index (χ3v) is 10.5. The number of rotatable bonds is 5. The van der Waals surface area contributed by atoms with E-state index in [2.05, 4.69) is 32.1 Å². The van der Waals surface area contributed by atoms with Gasteiger partial charge in [-0.3, -0.25) is 0 Å². The van der Waals surface area contributed by atoms with Crippen molar-refractivity contribution in [3.8, 4) is 0 Å². The summed E-state index contributed by atoms with van der Waals surface area (Å²) in [5, 5.41) is 0. The predicted molar refractivity (Wildman–Crippen MR) is 65.9 cm³/mol. The summed E-state index contributed by atoms with van der Waals surface area (Å²) in [6, 6.07) is 0. The zero-order valence-electron chi connectivity index (χ0n) is 10.2. The molecule has 0 aliphatic heterocycles. The van der Waals surface area contributed by atoms with Crippen LogP contribution in [0.25, 0.3) is 0 Å². The van der Waals surface area contributed by atoms with Gasteiger partial charge in [-0.2, -0.15) is 0 Å². The minimum atomic E-state index is -0.726. The van der Waals surface area contributed by atoms with Gasteiger partial charge in [-0.1, -0.05) is 0 Å². The van der Waals surface area contributed by atoms with Gasteiger partial charge in [0.05, 0.1) is 0 Å². The molecule has 0 fully saturated rings. The Bertz CT molecular complexity index is 209. The van der Waals surface area contributed by atoms with E-state index in [0.717, 1.165) is 0 Å². The Labute approximate surface area is 101 Å². The van der Waals surface area contributed by atoms with E-state index in [0.29, 0.717) is 0 Å². The molecule has 1 heteroatoms. The van der Waals surface area contributed by atoms with Crippen LogP contribution >= 0.6 is 0 Å². The van der Waals surface area contributed by atoms with Crippen LogP contribution in [0, 0.1) is 0 Å². The Kier molecular flexibility index (Phi) is 7.35. The summed E-state index contributed by atoms with van der Waals surface area (Å²) >= 11 is -0.726. The summed E-state index contributed by atoms with van der Waals surface area (Å²) < 4.78 is 1.91. The molecule has 15 heavy (non-hydrogen) atoms. The van der Waals surface area contributed by atoms with Crippen LogP contribution in [0.3, 0.4) is 0 Å². The minimum absolute atomic E-state index is 0.726. The molecule has 0 aromatic carbocycles. The van der Waals surface area contributed by atoms with Crippen molar-refractivity contribution in [3.05, 3.63) is 22.2 Å². The van der Waals surface area contributed by atoms with Crippen molar-refractivity contribution in [2.24, 2.45) is 0 Å². The number of allylic oxidation sites excluding steroid dienone is 4. The van der Waals surface area contributed by atoms with E-state index in [9.17, 15) is 0 Å². The Morgan fingerprint density at radius 2 is 1.67 bits per heavy atom. The first-order valence-corrected chi connectivity index (χ1v) is 10.6. The molecule has 0 saturated heterocycles. The van der Waals surface area contributed by atoms with Crippen LogP contribution in [0.1, 0.15) is 52.4 Å². The van der Waals surface area contributed by atoms with E-state index in [1.54, 1.807) is 9.62 Å². The van der Waals surface area contributed by atoms with Crippen molar-refractivity contribution in [1.82, 2.24) is 0 Å². The molecule has 1 aliphatic rings. The zero-order chi connectivity index (χ0) is 10.9. The van der Waals surface area contributed by atoms with Gasteiger partial charge >= 0.3 is 101 Å². The average molecular weight is 388 g/mol. The first-order valence-electron chi connectivity index (χ1n) is 6.22. The Morgan fingerprint density at radius 1 is 1.00 bits per heavy atom. The van der Waals surface area contributed by atoms with Gasteiger partial charge in [0.1, 0.15) is 0 Å². The van der Waals surface area contributed by atoms with E-state index in [4.69, 9.17) is 0 Å². The molecular weight excluding hydrogens is 363 g/mol. The molecule has 0 radical (unpaired) electrons. The van der Waals surface area contributed by atoms with E-state index in [1.807, 2.05) is 3.96 Å². The van der Waals surface area contributed by atoms with Crippen molar-refractivity contribution in [1.29, 1.82) is 0 Å². The molecule has 0 aromatic rings. The van der Waals surface area contributed by atoms with Crippen LogP contribution in [-0.2, 0) is 17.3 Å². The van der Waals surface area contributed by atoms with E-state index in [-0.39, 0.29) is 0 Å². The molecule has 91 valence electrons. The molecule has 0 atom stereocenters. The summed E-state index contributed by atoms with van der Waals surface area (Å²) in [4.78, 5) is 3.10. The fourth-order valence-corrected chi connectivity index (χ4v) is 8.63.